The first-order valence-electron chi connectivity index (χ1n) is 3.74. The minimum absolute atomic E-state index is 0.433. The van der Waals surface area contributed by atoms with Crippen LogP contribution in [0, 0.1) is 22.7 Å². The molecule has 0 spiro atoms. The highest BCUT2D eigenvalue weighted by Crippen LogP contribution is 2.12. The maximum absolute atomic E-state index is 11.7. The van der Waals surface area contributed by atoms with Gasteiger partial charge >= 0.3 is 12.2 Å². The number of hydrogen-bond acceptors (Lipinski definition) is 3. The van der Waals surface area contributed by atoms with E-state index in [1.165, 1.54) is 0 Å². The number of amides is 2. The van der Waals surface area contributed by atoms with Crippen molar-refractivity contribution in [1.82, 2.24) is 10.2 Å². The van der Waals surface area contributed by atoms with Gasteiger partial charge in [0.25, 0.3) is 0 Å². The summed E-state index contributed by atoms with van der Waals surface area (Å²) in [6, 6.07) is 2.04. The lowest BCUT2D eigenvalue weighted by molar-refractivity contribution is -0.123. The highest BCUT2D eigenvalue weighted by Gasteiger charge is 2.28. The van der Waals surface area contributed by atoms with Crippen molar-refractivity contribution in [1.29, 1.82) is 10.5 Å². The van der Waals surface area contributed by atoms with Crippen molar-refractivity contribution in [3.63, 3.8) is 0 Å². The van der Waals surface area contributed by atoms with Crippen LogP contribution in [0.15, 0.2) is 0 Å². The number of hydrogen-bond donors (Lipinski definition) is 1. The van der Waals surface area contributed by atoms with Crippen molar-refractivity contribution in [2.45, 2.75) is 6.18 Å². The van der Waals surface area contributed by atoms with E-state index in [2.05, 4.69) is 0 Å². The fourth-order valence-corrected chi connectivity index (χ4v) is 0.658. The number of carbonyl (C=O) groups excluding carboxylic acids is 1. The Balaban J connectivity index is 4.17. The van der Waals surface area contributed by atoms with Gasteiger partial charge in [-0.2, -0.15) is 23.7 Å². The largest absolute Gasteiger partial charge is 0.405 e. The lowest BCUT2D eigenvalue weighted by Crippen LogP contribution is -2.44. The monoisotopic (exact) mass is 220 g/mol. The number of halogens is 3. The van der Waals surface area contributed by atoms with Gasteiger partial charge in [0.15, 0.2) is 0 Å². The molecule has 8 heteroatoms. The van der Waals surface area contributed by atoms with E-state index >= 15 is 0 Å². The van der Waals surface area contributed by atoms with Crippen LogP contribution in [0.1, 0.15) is 0 Å². The Kier molecular flexibility index (Phi) is 4.96. The zero-order valence-corrected chi connectivity index (χ0v) is 7.51. The zero-order chi connectivity index (χ0) is 11.9. The van der Waals surface area contributed by atoms with Crippen LogP contribution in [0.2, 0.25) is 0 Å². The molecule has 0 rings (SSSR count). The fourth-order valence-electron chi connectivity index (χ4n) is 0.658. The predicted molar refractivity (Wildman–Crippen MR) is 42.3 cm³/mol. The van der Waals surface area contributed by atoms with Gasteiger partial charge in [0.1, 0.15) is 19.6 Å². The molecule has 2 amide bonds. The molecule has 1 N–H and O–H groups in total. The molecule has 0 atom stereocenters. The van der Waals surface area contributed by atoms with Gasteiger partial charge in [-0.3, -0.25) is 4.90 Å². The molecule has 0 aliphatic carbocycles. The molecule has 0 aliphatic rings. The van der Waals surface area contributed by atoms with E-state index < -0.39 is 31.8 Å². The van der Waals surface area contributed by atoms with Gasteiger partial charge < -0.3 is 5.32 Å². The number of alkyl halides is 3. The van der Waals surface area contributed by atoms with E-state index in [4.69, 9.17) is 10.5 Å². The Morgan fingerprint density at radius 2 is 1.73 bits per heavy atom. The number of nitrogens with zero attached hydrogens (tertiary/aromatic N) is 3. The second-order valence-corrected chi connectivity index (χ2v) is 2.45. The fraction of sp³-hybridized carbons (Fsp3) is 0.571. The summed E-state index contributed by atoms with van der Waals surface area (Å²) in [5, 5.41) is 18.0. The summed E-state index contributed by atoms with van der Waals surface area (Å²) in [6.45, 7) is -2.35. The summed E-state index contributed by atoms with van der Waals surface area (Å²) in [7, 11) is 0. The van der Waals surface area contributed by atoms with Crippen LogP contribution in [-0.4, -0.2) is 36.7 Å². The summed E-state index contributed by atoms with van der Waals surface area (Å²) >= 11 is 0. The number of urea groups is 1. The quantitative estimate of drug-likeness (QED) is 0.707. The molecule has 15 heavy (non-hydrogen) atoms. The van der Waals surface area contributed by atoms with Gasteiger partial charge in [-0.25, -0.2) is 4.79 Å². The molecule has 0 heterocycles. The summed E-state index contributed by atoms with van der Waals surface area (Å²) in [5.41, 5.74) is 0. The van der Waals surface area contributed by atoms with Crippen LogP contribution in [-0.2, 0) is 0 Å². The predicted octanol–water partition coefficient (Wildman–Crippen LogP) is 0.607. The van der Waals surface area contributed by atoms with Gasteiger partial charge in [-0.05, 0) is 0 Å². The molecule has 0 saturated carbocycles. The molecule has 0 aromatic carbocycles. The molecule has 0 aromatic heterocycles. The highest BCUT2D eigenvalue weighted by molar-refractivity contribution is 5.74. The molecular formula is C7H7F3N4O. The second kappa shape index (κ2) is 5.70. The standard InChI is InChI=1S/C7H7F3N4O/c8-7(9,10)5-13-6(15)14(3-1-11)4-2-12/h3-5H2,(H,13,15). The van der Waals surface area contributed by atoms with E-state index in [9.17, 15) is 18.0 Å². The van der Waals surface area contributed by atoms with Crippen molar-refractivity contribution in [3.8, 4) is 12.1 Å². The number of nitrogens with one attached hydrogen (secondary N) is 1. The molecule has 0 bridgehead atoms. The number of rotatable bonds is 3. The second-order valence-electron chi connectivity index (χ2n) is 2.45. The van der Waals surface area contributed by atoms with Gasteiger partial charge in [-0.1, -0.05) is 0 Å². The average molecular weight is 220 g/mol. The lowest BCUT2D eigenvalue weighted by Gasteiger charge is -2.17. The SMILES string of the molecule is N#CCN(CC#N)C(=O)NCC(F)(F)F. The smallest absolute Gasteiger partial charge is 0.329 e. The third kappa shape index (κ3) is 6.16. The van der Waals surface area contributed by atoms with E-state index in [0.717, 1.165) is 0 Å². The first-order valence-corrected chi connectivity index (χ1v) is 3.74. The number of carbonyl (C=O) groups is 1. The number of nitriles is 2. The van der Waals surface area contributed by atoms with Crippen LogP contribution in [0.25, 0.3) is 0 Å². The molecule has 0 aromatic rings. The van der Waals surface area contributed by atoms with Crippen LogP contribution in [0.5, 0.6) is 0 Å². The van der Waals surface area contributed by atoms with Crippen molar-refractivity contribution < 1.29 is 18.0 Å². The summed E-state index contributed by atoms with van der Waals surface area (Å²) in [4.78, 5) is 11.7. The minimum Gasteiger partial charge on any atom is -0.329 e. The van der Waals surface area contributed by atoms with Crippen molar-refractivity contribution in [2.75, 3.05) is 19.6 Å². The first kappa shape index (κ1) is 13.0. The first-order chi connectivity index (χ1) is 6.90. The molecular weight excluding hydrogens is 213 g/mol. The van der Waals surface area contributed by atoms with E-state index in [1.807, 2.05) is 0 Å². The molecule has 0 radical (unpaired) electrons. The van der Waals surface area contributed by atoms with Crippen LogP contribution in [0.3, 0.4) is 0 Å². The van der Waals surface area contributed by atoms with Gasteiger partial charge in [0.05, 0.1) is 12.1 Å². The Morgan fingerprint density at radius 1 is 1.27 bits per heavy atom. The lowest BCUT2D eigenvalue weighted by atomic mass is 10.5. The summed E-state index contributed by atoms with van der Waals surface area (Å²) in [6.07, 6.45) is -4.51. The van der Waals surface area contributed by atoms with Crippen LogP contribution in [0.4, 0.5) is 18.0 Å². The molecule has 0 unspecified atom stereocenters. The van der Waals surface area contributed by atoms with Gasteiger partial charge in [0, 0.05) is 0 Å². The Morgan fingerprint density at radius 3 is 2.07 bits per heavy atom. The Hall–Kier alpha value is -1.96. The maximum atomic E-state index is 11.7. The maximum Gasteiger partial charge on any atom is 0.405 e. The Bertz CT molecular complexity index is 285. The van der Waals surface area contributed by atoms with Crippen LogP contribution < -0.4 is 5.32 Å². The van der Waals surface area contributed by atoms with Crippen molar-refractivity contribution in [3.05, 3.63) is 0 Å². The normalized spacial score (nSPS) is 9.93. The van der Waals surface area contributed by atoms with Crippen molar-refractivity contribution in [2.24, 2.45) is 0 Å². The van der Waals surface area contributed by atoms with Gasteiger partial charge in [0.2, 0.25) is 0 Å². The van der Waals surface area contributed by atoms with Crippen LogP contribution >= 0.6 is 0 Å². The van der Waals surface area contributed by atoms with E-state index in [1.54, 1.807) is 17.5 Å². The molecule has 0 fully saturated rings. The third-order valence-electron chi connectivity index (χ3n) is 1.25. The molecule has 0 saturated heterocycles. The summed E-state index contributed by atoms with van der Waals surface area (Å²) < 4.78 is 35.1. The van der Waals surface area contributed by atoms with Crippen molar-refractivity contribution >= 4 is 6.03 Å². The molecule has 5 nitrogen and oxygen atoms in total. The minimum atomic E-state index is -4.51. The Labute approximate surface area is 83.7 Å². The molecule has 82 valence electrons. The third-order valence-corrected chi connectivity index (χ3v) is 1.25. The van der Waals surface area contributed by atoms with E-state index in [0.29, 0.717) is 4.90 Å². The zero-order valence-electron chi connectivity index (χ0n) is 7.51. The average Bonchev–Trinajstić information content (AvgIpc) is 2.13. The van der Waals surface area contributed by atoms with Gasteiger partial charge in [-0.15, -0.1) is 0 Å². The van der Waals surface area contributed by atoms with E-state index in [-0.39, 0.29) is 0 Å². The topological polar surface area (TPSA) is 79.9 Å². The highest BCUT2D eigenvalue weighted by atomic mass is 19.4. The summed E-state index contributed by atoms with van der Waals surface area (Å²) in [5.74, 6) is 0. The molecule has 0 aliphatic heterocycles.